The number of rotatable bonds is 6. The molecule has 7 heteroatoms. The normalized spacial score (nSPS) is 13.3. The Labute approximate surface area is 136 Å². The number of benzene rings is 1. The molecule has 0 aliphatic heterocycles. The summed E-state index contributed by atoms with van der Waals surface area (Å²) in [5.74, 6) is -3.02. The summed E-state index contributed by atoms with van der Waals surface area (Å²) in [5, 5.41) is 10.9. The van der Waals surface area contributed by atoms with Crippen molar-refractivity contribution >= 4 is 17.1 Å². The van der Waals surface area contributed by atoms with Crippen LogP contribution in [0.25, 0.3) is 11.3 Å². The molecule has 0 fully saturated rings. The second kappa shape index (κ2) is 7.40. The van der Waals surface area contributed by atoms with Gasteiger partial charge in [-0.15, -0.1) is 11.3 Å². The van der Waals surface area contributed by atoms with Crippen molar-refractivity contribution in [1.29, 1.82) is 5.26 Å². The SMILES string of the molecule is CC[C@@H](OC)C(=O)[C@@H](C#N)c1nc(-c2c(F)cccc2F)cs1. The number of nitriles is 1. The van der Waals surface area contributed by atoms with Gasteiger partial charge in [0.15, 0.2) is 11.7 Å². The van der Waals surface area contributed by atoms with E-state index in [0.29, 0.717) is 6.42 Å². The fourth-order valence-electron chi connectivity index (χ4n) is 2.19. The molecule has 1 aromatic heterocycles. The maximum atomic E-state index is 13.8. The third-order valence-corrected chi connectivity index (χ3v) is 4.28. The Hall–Kier alpha value is -2.17. The number of carbonyl (C=O) groups excluding carboxylic acids is 1. The number of hydrogen-bond donors (Lipinski definition) is 0. The van der Waals surface area contributed by atoms with E-state index in [0.717, 1.165) is 23.5 Å². The molecule has 0 aliphatic rings. The summed E-state index contributed by atoms with van der Waals surface area (Å²) in [6.07, 6.45) is -0.287. The molecule has 0 aliphatic carbocycles. The van der Waals surface area contributed by atoms with E-state index < -0.39 is 29.4 Å². The van der Waals surface area contributed by atoms with Gasteiger partial charge in [-0.3, -0.25) is 4.79 Å². The molecule has 0 unspecified atom stereocenters. The van der Waals surface area contributed by atoms with E-state index in [-0.39, 0.29) is 16.3 Å². The van der Waals surface area contributed by atoms with Gasteiger partial charge < -0.3 is 4.74 Å². The zero-order valence-corrected chi connectivity index (χ0v) is 13.4. The minimum absolute atomic E-state index is 0.0686. The molecule has 0 N–H and O–H groups in total. The summed E-state index contributed by atoms with van der Waals surface area (Å²) < 4.78 is 32.6. The molecule has 0 bridgehead atoms. The maximum Gasteiger partial charge on any atom is 0.185 e. The van der Waals surface area contributed by atoms with Crippen LogP contribution in [0.4, 0.5) is 8.78 Å². The first kappa shape index (κ1) is 17.2. The van der Waals surface area contributed by atoms with Crippen molar-refractivity contribution in [2.75, 3.05) is 7.11 Å². The fraction of sp³-hybridized carbons (Fsp3) is 0.312. The van der Waals surface area contributed by atoms with Crippen LogP contribution in [-0.2, 0) is 9.53 Å². The average molecular weight is 336 g/mol. The lowest BCUT2D eigenvalue weighted by Crippen LogP contribution is -2.27. The number of carbonyl (C=O) groups is 1. The Balaban J connectivity index is 2.38. The van der Waals surface area contributed by atoms with Crippen LogP contribution in [0.5, 0.6) is 0 Å². The Bertz CT molecular complexity index is 731. The topological polar surface area (TPSA) is 63.0 Å². The Morgan fingerprint density at radius 2 is 2.09 bits per heavy atom. The van der Waals surface area contributed by atoms with Gasteiger partial charge in [-0.2, -0.15) is 5.26 Å². The van der Waals surface area contributed by atoms with Crippen LogP contribution in [0.2, 0.25) is 0 Å². The monoisotopic (exact) mass is 336 g/mol. The molecule has 0 radical (unpaired) electrons. The van der Waals surface area contributed by atoms with E-state index in [1.807, 2.05) is 6.07 Å². The van der Waals surface area contributed by atoms with Crippen LogP contribution in [0.1, 0.15) is 24.3 Å². The van der Waals surface area contributed by atoms with Gasteiger partial charge in [-0.1, -0.05) is 13.0 Å². The summed E-state index contributed by atoms with van der Waals surface area (Å²) in [6.45, 7) is 1.77. The number of Topliss-reactive ketones (excluding diaryl/α,β-unsaturated/α-hetero) is 1. The highest BCUT2D eigenvalue weighted by Crippen LogP contribution is 2.31. The van der Waals surface area contributed by atoms with Crippen molar-refractivity contribution < 1.29 is 18.3 Å². The van der Waals surface area contributed by atoms with Gasteiger partial charge in [-0.05, 0) is 18.6 Å². The summed E-state index contributed by atoms with van der Waals surface area (Å²) in [6, 6.07) is 5.40. The van der Waals surface area contributed by atoms with Crippen molar-refractivity contribution in [3.8, 4) is 17.3 Å². The second-order valence-corrected chi connectivity index (χ2v) is 5.65. The minimum Gasteiger partial charge on any atom is -0.374 e. The third-order valence-electron chi connectivity index (χ3n) is 3.37. The summed E-state index contributed by atoms with van der Waals surface area (Å²) in [5.41, 5.74) is -0.197. The number of hydrogen-bond acceptors (Lipinski definition) is 5. The van der Waals surface area contributed by atoms with Crippen LogP contribution in [-0.4, -0.2) is 24.0 Å². The first-order chi connectivity index (χ1) is 11.0. The number of ether oxygens (including phenoxy) is 1. The maximum absolute atomic E-state index is 13.8. The molecule has 0 saturated carbocycles. The molecule has 0 amide bonds. The van der Waals surface area contributed by atoms with Gasteiger partial charge in [0, 0.05) is 12.5 Å². The molecule has 0 spiro atoms. The molecule has 0 saturated heterocycles. The Kier molecular flexibility index (Phi) is 5.53. The highest BCUT2D eigenvalue weighted by molar-refractivity contribution is 7.10. The van der Waals surface area contributed by atoms with Crippen molar-refractivity contribution in [3.05, 3.63) is 40.2 Å². The number of aromatic nitrogens is 1. The van der Waals surface area contributed by atoms with Gasteiger partial charge >= 0.3 is 0 Å². The number of thiazole rings is 1. The fourth-order valence-corrected chi connectivity index (χ4v) is 3.05. The number of halogens is 2. The van der Waals surface area contributed by atoms with E-state index in [4.69, 9.17) is 4.74 Å². The highest BCUT2D eigenvalue weighted by atomic mass is 32.1. The van der Waals surface area contributed by atoms with Gasteiger partial charge in [0.05, 0.1) is 17.3 Å². The predicted molar refractivity (Wildman–Crippen MR) is 81.9 cm³/mol. The molecule has 120 valence electrons. The first-order valence-electron chi connectivity index (χ1n) is 6.89. The second-order valence-electron chi connectivity index (χ2n) is 4.76. The van der Waals surface area contributed by atoms with Crippen molar-refractivity contribution in [1.82, 2.24) is 4.98 Å². The molecule has 23 heavy (non-hydrogen) atoms. The molecular weight excluding hydrogens is 322 g/mol. The van der Waals surface area contributed by atoms with Crippen LogP contribution in [0.15, 0.2) is 23.6 Å². The molecule has 1 heterocycles. The predicted octanol–water partition coefficient (Wildman–Crippen LogP) is 3.69. The van der Waals surface area contributed by atoms with Crippen molar-refractivity contribution in [2.45, 2.75) is 25.4 Å². The van der Waals surface area contributed by atoms with E-state index in [1.54, 1.807) is 6.92 Å². The van der Waals surface area contributed by atoms with Crippen LogP contribution in [0, 0.1) is 23.0 Å². The zero-order valence-electron chi connectivity index (χ0n) is 12.5. The van der Waals surface area contributed by atoms with Gasteiger partial charge in [-0.25, -0.2) is 13.8 Å². The zero-order chi connectivity index (χ0) is 17.0. The minimum atomic E-state index is -1.12. The molecule has 2 aromatic rings. The number of methoxy groups -OCH3 is 1. The van der Waals surface area contributed by atoms with E-state index in [9.17, 15) is 18.8 Å². The number of ketones is 1. The lowest BCUT2D eigenvalue weighted by atomic mass is 10.00. The van der Waals surface area contributed by atoms with E-state index in [2.05, 4.69) is 4.98 Å². The van der Waals surface area contributed by atoms with Crippen LogP contribution in [0.3, 0.4) is 0 Å². The Morgan fingerprint density at radius 1 is 1.43 bits per heavy atom. The van der Waals surface area contributed by atoms with E-state index >= 15 is 0 Å². The van der Waals surface area contributed by atoms with Crippen LogP contribution < -0.4 is 0 Å². The summed E-state index contributed by atoms with van der Waals surface area (Å²) in [7, 11) is 1.39. The smallest absolute Gasteiger partial charge is 0.185 e. The van der Waals surface area contributed by atoms with Crippen LogP contribution >= 0.6 is 11.3 Å². The number of nitrogens with zero attached hydrogens (tertiary/aromatic N) is 2. The van der Waals surface area contributed by atoms with Gasteiger partial charge in [0.1, 0.15) is 22.7 Å². The largest absolute Gasteiger partial charge is 0.374 e. The molecule has 2 atom stereocenters. The highest BCUT2D eigenvalue weighted by Gasteiger charge is 2.30. The molecule has 4 nitrogen and oxygen atoms in total. The lowest BCUT2D eigenvalue weighted by Gasteiger charge is -2.13. The Morgan fingerprint density at radius 3 is 2.61 bits per heavy atom. The lowest BCUT2D eigenvalue weighted by molar-refractivity contribution is -0.129. The van der Waals surface area contributed by atoms with Gasteiger partial charge in [0.2, 0.25) is 0 Å². The molecule has 1 aromatic carbocycles. The standard InChI is InChI=1S/C16H14F2N2O2S/c1-3-13(22-2)15(21)9(7-19)16-20-12(8-23-16)14-10(17)5-4-6-11(14)18/h4-6,8-9,13H,3H2,1-2H3/t9-,13-/m1/s1. The third kappa shape index (κ3) is 3.44. The summed E-state index contributed by atoms with van der Waals surface area (Å²) >= 11 is 1.02. The van der Waals surface area contributed by atoms with Crippen molar-refractivity contribution in [2.24, 2.45) is 0 Å². The van der Waals surface area contributed by atoms with Crippen molar-refractivity contribution in [3.63, 3.8) is 0 Å². The quantitative estimate of drug-likeness (QED) is 0.807. The van der Waals surface area contributed by atoms with Gasteiger partial charge in [0.25, 0.3) is 0 Å². The first-order valence-corrected chi connectivity index (χ1v) is 7.77. The molecular formula is C16H14F2N2O2S. The van der Waals surface area contributed by atoms with E-state index in [1.165, 1.54) is 18.6 Å². The summed E-state index contributed by atoms with van der Waals surface area (Å²) in [4.78, 5) is 16.4. The average Bonchev–Trinajstić information content (AvgIpc) is 2.98. The molecule has 2 rings (SSSR count).